The van der Waals surface area contributed by atoms with Crippen molar-refractivity contribution in [3.63, 3.8) is 0 Å². The van der Waals surface area contributed by atoms with Crippen molar-refractivity contribution in [1.29, 1.82) is 0 Å². The number of unbranched alkanes of at least 4 members (excludes halogenated alkanes) is 1. The van der Waals surface area contributed by atoms with Crippen LogP contribution in [0.2, 0.25) is 0 Å². The van der Waals surface area contributed by atoms with Gasteiger partial charge in [-0.05, 0) is 36.5 Å². The first-order chi connectivity index (χ1) is 9.95. The van der Waals surface area contributed by atoms with Crippen LogP contribution in [0.1, 0.15) is 127 Å². The Balaban J connectivity index is -0.000000307. The molecule has 0 amide bonds. The van der Waals surface area contributed by atoms with Gasteiger partial charge in [0.2, 0.25) is 0 Å². The predicted octanol–water partition coefficient (Wildman–Crippen LogP) is 8.89. The fourth-order valence-electron chi connectivity index (χ4n) is 3.05. The maximum absolute atomic E-state index is 2.38. The van der Waals surface area contributed by atoms with Crippen LogP contribution in [-0.4, -0.2) is 0 Å². The predicted molar refractivity (Wildman–Crippen MR) is 108 cm³/mol. The second-order valence-electron chi connectivity index (χ2n) is 7.54. The molecule has 0 aromatic heterocycles. The highest BCUT2D eigenvalue weighted by Crippen LogP contribution is 2.36. The van der Waals surface area contributed by atoms with Crippen LogP contribution >= 0.6 is 0 Å². The Morgan fingerprint density at radius 3 is 1.68 bits per heavy atom. The van der Waals surface area contributed by atoms with Crippen molar-refractivity contribution < 1.29 is 0 Å². The molecule has 0 aromatic rings. The third-order valence-corrected chi connectivity index (χ3v) is 4.93. The van der Waals surface area contributed by atoms with Gasteiger partial charge in [-0.25, -0.2) is 0 Å². The first kappa shape index (κ1) is 26.9. The van der Waals surface area contributed by atoms with E-state index in [-0.39, 0.29) is 7.43 Å². The van der Waals surface area contributed by atoms with E-state index in [1.54, 1.807) is 0 Å². The lowest BCUT2D eigenvalue weighted by molar-refractivity contribution is 0.346. The molecule has 138 valence electrons. The Hall–Kier alpha value is 0. The zero-order chi connectivity index (χ0) is 16.7. The lowest BCUT2D eigenvalue weighted by atomic mass is 9.88. The average Bonchev–Trinajstić information content (AvgIpc) is 2.90. The summed E-state index contributed by atoms with van der Waals surface area (Å²) in [6.07, 6.45) is 14.3. The van der Waals surface area contributed by atoms with Crippen LogP contribution in [0.3, 0.4) is 0 Å². The van der Waals surface area contributed by atoms with Crippen molar-refractivity contribution in [1.82, 2.24) is 0 Å². The molecule has 2 atom stereocenters. The zero-order valence-electron chi connectivity index (χ0n) is 16.7. The summed E-state index contributed by atoms with van der Waals surface area (Å²) in [7, 11) is 0. The molecule has 0 aliphatic heterocycles. The standard InChI is InChI=1S/C12H26.C7H14.C2H6.CH4/c1-5-8-9-12(7-3)10-11(4)6-2;1-7(2)5-3-4-6-7;1-2;/h11-12H,5-10H2,1-4H3;3-6H2,1-2H3;1-2H3;1H4. The SMILES string of the molecule is C.CC.CC1(C)CCCC1.CCCCC(CC)CC(C)CC. The van der Waals surface area contributed by atoms with E-state index in [4.69, 9.17) is 0 Å². The number of rotatable bonds is 7. The molecule has 0 aromatic carbocycles. The third-order valence-electron chi connectivity index (χ3n) is 4.93. The molecule has 0 spiro atoms. The van der Waals surface area contributed by atoms with Gasteiger partial charge in [0, 0.05) is 0 Å². The van der Waals surface area contributed by atoms with Crippen LogP contribution in [0.25, 0.3) is 0 Å². The molecule has 1 fully saturated rings. The van der Waals surface area contributed by atoms with Crippen LogP contribution in [-0.2, 0) is 0 Å². The van der Waals surface area contributed by atoms with E-state index >= 15 is 0 Å². The summed E-state index contributed by atoms with van der Waals surface area (Å²) in [5.41, 5.74) is 0.694. The normalized spacial score (nSPS) is 18.0. The van der Waals surface area contributed by atoms with Gasteiger partial charge in [-0.3, -0.25) is 0 Å². The summed E-state index contributed by atoms with van der Waals surface area (Å²) >= 11 is 0. The molecule has 0 bridgehead atoms. The Bertz CT molecular complexity index is 184. The van der Waals surface area contributed by atoms with Gasteiger partial charge >= 0.3 is 0 Å². The molecule has 2 unspecified atom stereocenters. The molecule has 0 N–H and O–H groups in total. The minimum Gasteiger partial charge on any atom is -0.0776 e. The minimum absolute atomic E-state index is 0. The van der Waals surface area contributed by atoms with Crippen molar-refractivity contribution in [3.8, 4) is 0 Å². The monoisotopic (exact) mass is 314 g/mol. The van der Waals surface area contributed by atoms with Crippen LogP contribution in [0.15, 0.2) is 0 Å². The van der Waals surface area contributed by atoms with Crippen molar-refractivity contribution in [2.24, 2.45) is 17.3 Å². The molecule has 0 saturated heterocycles. The van der Waals surface area contributed by atoms with Crippen molar-refractivity contribution in [2.45, 2.75) is 127 Å². The Kier molecular flexibility index (Phi) is 21.2. The van der Waals surface area contributed by atoms with Crippen LogP contribution < -0.4 is 0 Å². The quantitative estimate of drug-likeness (QED) is 0.440. The summed E-state index contributed by atoms with van der Waals surface area (Å²) in [5.74, 6) is 1.94. The first-order valence-electron chi connectivity index (χ1n) is 9.95. The van der Waals surface area contributed by atoms with Crippen molar-refractivity contribution >= 4 is 0 Å². The molecule has 1 saturated carbocycles. The topological polar surface area (TPSA) is 0 Å². The van der Waals surface area contributed by atoms with Crippen molar-refractivity contribution in [2.75, 3.05) is 0 Å². The van der Waals surface area contributed by atoms with Crippen LogP contribution in [0.4, 0.5) is 0 Å². The van der Waals surface area contributed by atoms with E-state index in [2.05, 4.69) is 41.5 Å². The summed E-state index contributed by atoms with van der Waals surface area (Å²) in [6.45, 7) is 18.0. The summed E-state index contributed by atoms with van der Waals surface area (Å²) < 4.78 is 0. The lowest BCUT2D eigenvalue weighted by Crippen LogP contribution is -2.04. The maximum Gasteiger partial charge on any atom is -0.0354 e. The van der Waals surface area contributed by atoms with Crippen LogP contribution in [0.5, 0.6) is 0 Å². The molecule has 1 aliphatic rings. The Labute approximate surface area is 144 Å². The average molecular weight is 315 g/mol. The summed E-state index contributed by atoms with van der Waals surface area (Å²) in [6, 6.07) is 0. The molecule has 0 radical (unpaired) electrons. The van der Waals surface area contributed by atoms with E-state index in [1.807, 2.05) is 13.8 Å². The van der Waals surface area contributed by atoms with Crippen LogP contribution in [0, 0.1) is 17.3 Å². The minimum atomic E-state index is 0. The maximum atomic E-state index is 2.38. The smallest absolute Gasteiger partial charge is 0.0354 e. The van der Waals surface area contributed by atoms with E-state index in [9.17, 15) is 0 Å². The lowest BCUT2D eigenvalue weighted by Gasteiger charge is -2.18. The van der Waals surface area contributed by atoms with E-state index in [1.165, 1.54) is 64.2 Å². The zero-order valence-corrected chi connectivity index (χ0v) is 16.7. The van der Waals surface area contributed by atoms with Gasteiger partial charge in [-0.2, -0.15) is 0 Å². The van der Waals surface area contributed by atoms with Gasteiger partial charge in [-0.1, -0.05) is 108 Å². The molecule has 0 heterocycles. The van der Waals surface area contributed by atoms with Gasteiger partial charge in [-0.15, -0.1) is 0 Å². The molecule has 22 heavy (non-hydrogen) atoms. The van der Waals surface area contributed by atoms with Gasteiger partial charge in [0.1, 0.15) is 0 Å². The number of hydrogen-bond donors (Lipinski definition) is 0. The molecular weight excluding hydrogens is 264 g/mol. The van der Waals surface area contributed by atoms with Gasteiger partial charge in [0.15, 0.2) is 0 Å². The largest absolute Gasteiger partial charge is 0.0776 e. The Morgan fingerprint density at radius 1 is 0.909 bits per heavy atom. The second kappa shape index (κ2) is 17.4. The molecule has 0 heteroatoms. The van der Waals surface area contributed by atoms with Gasteiger partial charge < -0.3 is 0 Å². The van der Waals surface area contributed by atoms with Gasteiger partial charge in [0.25, 0.3) is 0 Å². The van der Waals surface area contributed by atoms with E-state index < -0.39 is 0 Å². The fourth-order valence-corrected chi connectivity index (χ4v) is 3.05. The molecule has 1 aliphatic carbocycles. The highest BCUT2D eigenvalue weighted by molar-refractivity contribution is 4.74. The number of hydrogen-bond acceptors (Lipinski definition) is 0. The summed E-state index contributed by atoms with van der Waals surface area (Å²) in [5, 5.41) is 0. The van der Waals surface area contributed by atoms with Gasteiger partial charge in [0.05, 0.1) is 0 Å². The fraction of sp³-hybridized carbons (Fsp3) is 1.00. The van der Waals surface area contributed by atoms with Crippen molar-refractivity contribution in [3.05, 3.63) is 0 Å². The molecule has 0 nitrogen and oxygen atoms in total. The first-order valence-corrected chi connectivity index (χ1v) is 9.95. The van der Waals surface area contributed by atoms with E-state index in [0.29, 0.717) is 5.41 Å². The second-order valence-corrected chi connectivity index (χ2v) is 7.54. The Morgan fingerprint density at radius 2 is 1.41 bits per heavy atom. The third kappa shape index (κ3) is 16.4. The van der Waals surface area contributed by atoms with E-state index in [0.717, 1.165) is 11.8 Å². The molecular formula is C22H50. The highest BCUT2D eigenvalue weighted by Gasteiger charge is 2.21. The molecule has 1 rings (SSSR count). The summed E-state index contributed by atoms with van der Waals surface area (Å²) in [4.78, 5) is 0. The highest BCUT2D eigenvalue weighted by atomic mass is 14.3.